The lowest BCUT2D eigenvalue weighted by Gasteiger charge is -2.23. The molecule has 31 heavy (non-hydrogen) atoms. The van der Waals surface area contributed by atoms with Gasteiger partial charge in [-0.1, -0.05) is 35.9 Å². The summed E-state index contributed by atoms with van der Waals surface area (Å²) >= 11 is 5.85. The van der Waals surface area contributed by atoms with Crippen LogP contribution in [0.2, 0.25) is 5.02 Å². The summed E-state index contributed by atoms with van der Waals surface area (Å²) in [6, 6.07) is 14.4. The summed E-state index contributed by atoms with van der Waals surface area (Å²) in [6.07, 6.45) is 7.87. The number of ether oxygens (including phenoxy) is 1. The summed E-state index contributed by atoms with van der Waals surface area (Å²) < 4.78 is 5.34. The van der Waals surface area contributed by atoms with Gasteiger partial charge in [-0.3, -0.25) is 4.79 Å². The molecule has 0 aromatic heterocycles. The van der Waals surface area contributed by atoms with E-state index in [0.717, 1.165) is 42.5 Å². The lowest BCUT2D eigenvalue weighted by Crippen LogP contribution is -3.06. The molecule has 1 N–H and O–H groups in total. The molecule has 0 aliphatic heterocycles. The third kappa shape index (κ3) is 7.66. The van der Waals surface area contributed by atoms with E-state index in [1.807, 2.05) is 30.3 Å². The van der Waals surface area contributed by atoms with Crippen molar-refractivity contribution >= 4 is 35.5 Å². The number of benzene rings is 2. The van der Waals surface area contributed by atoms with Gasteiger partial charge in [0.25, 0.3) is 0 Å². The summed E-state index contributed by atoms with van der Waals surface area (Å²) in [5.41, 5.74) is 2.69. The third-order valence-electron chi connectivity index (χ3n) is 5.06. The average molecular weight is 460 g/mol. The van der Waals surface area contributed by atoms with Gasteiger partial charge in [0.2, 0.25) is 0 Å². The maximum Gasteiger partial charge on any atom is 0.336 e. The largest absolute Gasteiger partial charge is 1.00 e. The van der Waals surface area contributed by atoms with Crippen molar-refractivity contribution in [3.05, 3.63) is 76.3 Å². The molecule has 0 heterocycles. The molecule has 2 aromatic carbocycles. The van der Waals surface area contributed by atoms with E-state index >= 15 is 0 Å². The molecule has 1 atom stereocenters. The molecule has 1 aliphatic carbocycles. The van der Waals surface area contributed by atoms with Gasteiger partial charge in [-0.15, -0.1) is 0 Å². The van der Waals surface area contributed by atoms with Crippen LogP contribution in [0.4, 0.5) is 0 Å². The predicted octanol–water partition coefficient (Wildman–Crippen LogP) is 0.860. The van der Waals surface area contributed by atoms with Gasteiger partial charge in [-0.05, 0) is 72.4 Å². The Bertz CT molecular complexity index is 948. The number of allylic oxidation sites excluding steroid dienone is 1. The highest BCUT2D eigenvalue weighted by atomic mass is 35.5. The summed E-state index contributed by atoms with van der Waals surface area (Å²) in [4.78, 5) is 26.0. The molecule has 0 saturated heterocycles. The number of carbonyl (C=O) groups excluding carboxylic acids is 2. The van der Waals surface area contributed by atoms with Crippen LogP contribution in [-0.4, -0.2) is 32.4 Å². The van der Waals surface area contributed by atoms with Crippen LogP contribution in [0.5, 0.6) is 5.75 Å². The Morgan fingerprint density at radius 3 is 2.39 bits per heavy atom. The van der Waals surface area contributed by atoms with Crippen molar-refractivity contribution in [2.45, 2.75) is 19.3 Å². The lowest BCUT2D eigenvalue weighted by atomic mass is 9.83. The third-order valence-corrected chi connectivity index (χ3v) is 5.31. The van der Waals surface area contributed by atoms with Crippen molar-refractivity contribution in [2.75, 3.05) is 20.6 Å². The van der Waals surface area contributed by atoms with Crippen LogP contribution in [0, 0.1) is 5.92 Å². The predicted molar refractivity (Wildman–Crippen MR) is 121 cm³/mol. The fraction of sp³-hybridized carbons (Fsp3) is 0.280. The van der Waals surface area contributed by atoms with Gasteiger partial charge in [-0.25, -0.2) is 4.79 Å². The van der Waals surface area contributed by atoms with Gasteiger partial charge in [0.15, 0.2) is 5.78 Å². The monoisotopic (exact) mass is 459 g/mol. The number of hydrogen-bond donors (Lipinski definition) is 1. The van der Waals surface area contributed by atoms with Crippen LogP contribution < -0.4 is 22.0 Å². The van der Waals surface area contributed by atoms with Crippen molar-refractivity contribution < 1.29 is 31.6 Å². The van der Waals surface area contributed by atoms with E-state index in [1.165, 1.54) is 11.0 Å². The van der Waals surface area contributed by atoms with E-state index in [1.54, 1.807) is 30.3 Å². The van der Waals surface area contributed by atoms with Crippen LogP contribution >= 0.6 is 11.6 Å². The smallest absolute Gasteiger partial charge is 0.336 e. The molecule has 2 aromatic rings. The minimum absolute atomic E-state index is 0. The number of quaternary nitrogens is 1. The fourth-order valence-corrected chi connectivity index (χ4v) is 3.73. The van der Waals surface area contributed by atoms with Crippen molar-refractivity contribution in [3.63, 3.8) is 0 Å². The Hall–Kier alpha value is -2.40. The normalized spacial score (nSPS) is 17.7. The number of carbonyl (C=O) groups is 2. The molecule has 1 aliphatic rings. The van der Waals surface area contributed by atoms with E-state index in [0.29, 0.717) is 10.8 Å². The zero-order chi connectivity index (χ0) is 21.5. The molecule has 6 heteroatoms. The SMILES string of the molecule is C[NH+](C)CC1CCC/C(=C\c2ccc(OC(=O)/C=C/c3ccc(Cl)cc3)cc2)C1=O.[Cl-]. The van der Waals surface area contributed by atoms with Gasteiger partial charge in [0.1, 0.15) is 5.75 Å². The highest BCUT2D eigenvalue weighted by Crippen LogP contribution is 2.26. The molecule has 1 fully saturated rings. The first-order valence-electron chi connectivity index (χ1n) is 10.2. The second kappa shape index (κ2) is 11.8. The average Bonchev–Trinajstić information content (AvgIpc) is 2.72. The van der Waals surface area contributed by atoms with Gasteiger partial charge >= 0.3 is 5.97 Å². The van der Waals surface area contributed by atoms with E-state index in [9.17, 15) is 9.59 Å². The van der Waals surface area contributed by atoms with Crippen molar-refractivity contribution in [2.24, 2.45) is 5.92 Å². The molecule has 0 amide bonds. The summed E-state index contributed by atoms with van der Waals surface area (Å²) in [6.45, 7) is 0.870. The number of Topliss-reactive ketones (excluding diaryl/α,β-unsaturated/α-hetero) is 1. The minimum atomic E-state index is -0.451. The highest BCUT2D eigenvalue weighted by molar-refractivity contribution is 6.30. The topological polar surface area (TPSA) is 47.8 Å². The number of esters is 1. The number of ketones is 1. The van der Waals surface area contributed by atoms with Crippen LogP contribution in [0.25, 0.3) is 12.2 Å². The van der Waals surface area contributed by atoms with Gasteiger partial charge < -0.3 is 22.0 Å². The molecule has 0 spiro atoms. The number of hydrogen-bond acceptors (Lipinski definition) is 3. The molecule has 3 rings (SSSR count). The Labute approximate surface area is 195 Å². The Morgan fingerprint density at radius 1 is 1.10 bits per heavy atom. The van der Waals surface area contributed by atoms with Crippen molar-refractivity contribution in [3.8, 4) is 5.75 Å². The summed E-state index contributed by atoms with van der Waals surface area (Å²) in [5.74, 6) is 0.396. The Balaban J connectivity index is 0.00000341. The minimum Gasteiger partial charge on any atom is -1.00 e. The number of rotatable bonds is 6. The molecule has 1 unspecified atom stereocenters. The molecule has 164 valence electrons. The van der Waals surface area contributed by atoms with Crippen LogP contribution in [-0.2, 0) is 9.59 Å². The number of nitrogens with one attached hydrogen (secondary N) is 1. The molecule has 1 saturated carbocycles. The van der Waals surface area contributed by atoms with Crippen LogP contribution in [0.1, 0.15) is 30.4 Å². The zero-order valence-corrected chi connectivity index (χ0v) is 19.2. The standard InChI is InChI=1S/C25H26ClNO3.ClH/c1-27(2)17-21-5-3-4-20(25(21)29)16-19-8-13-23(14-9-19)30-24(28)15-10-18-6-11-22(26)12-7-18;/h6-16,21H,3-5,17H2,1-2H3;1H/b15-10+,20-16+;. The fourth-order valence-electron chi connectivity index (χ4n) is 3.61. The van der Waals surface area contributed by atoms with Crippen LogP contribution in [0.15, 0.2) is 60.2 Å². The van der Waals surface area contributed by atoms with E-state index in [-0.39, 0.29) is 24.1 Å². The molecule has 0 bridgehead atoms. The number of halogens is 2. The first kappa shape index (κ1) is 24.9. The lowest BCUT2D eigenvalue weighted by molar-refractivity contribution is -0.860. The zero-order valence-electron chi connectivity index (χ0n) is 17.7. The second-order valence-corrected chi connectivity index (χ2v) is 8.35. The van der Waals surface area contributed by atoms with Crippen molar-refractivity contribution in [1.29, 1.82) is 0 Å². The van der Waals surface area contributed by atoms with Crippen LogP contribution in [0.3, 0.4) is 0 Å². The quantitative estimate of drug-likeness (QED) is 0.395. The Kier molecular flexibility index (Phi) is 9.50. The Morgan fingerprint density at radius 2 is 1.74 bits per heavy atom. The second-order valence-electron chi connectivity index (χ2n) is 7.91. The van der Waals surface area contributed by atoms with E-state index in [4.69, 9.17) is 16.3 Å². The van der Waals surface area contributed by atoms with Gasteiger partial charge in [0, 0.05) is 11.1 Å². The first-order chi connectivity index (χ1) is 14.4. The van der Waals surface area contributed by atoms with Crippen molar-refractivity contribution in [1.82, 2.24) is 0 Å². The van der Waals surface area contributed by atoms with E-state index < -0.39 is 5.97 Å². The first-order valence-corrected chi connectivity index (χ1v) is 10.6. The van der Waals surface area contributed by atoms with Gasteiger partial charge in [0.05, 0.1) is 26.6 Å². The summed E-state index contributed by atoms with van der Waals surface area (Å²) in [5, 5.41) is 0.647. The summed E-state index contributed by atoms with van der Waals surface area (Å²) in [7, 11) is 4.16. The molecular weight excluding hydrogens is 433 g/mol. The molecular formula is C25H27Cl2NO3. The maximum absolute atomic E-state index is 12.7. The highest BCUT2D eigenvalue weighted by Gasteiger charge is 2.28. The van der Waals surface area contributed by atoms with E-state index in [2.05, 4.69) is 14.1 Å². The molecule has 0 radical (unpaired) electrons. The van der Waals surface area contributed by atoms with Gasteiger partial charge in [-0.2, -0.15) is 0 Å². The molecule has 4 nitrogen and oxygen atoms in total. The maximum atomic E-state index is 12.7.